The molecule has 3 heteroatoms. The van der Waals surface area contributed by atoms with Gasteiger partial charge in [-0.05, 0) is 36.4 Å². The number of hydrogen-bond acceptors (Lipinski definition) is 2. The van der Waals surface area contributed by atoms with Crippen LogP contribution in [-0.2, 0) is 0 Å². The zero-order chi connectivity index (χ0) is 8.81. The first-order valence-corrected chi connectivity index (χ1v) is 4.23. The summed E-state index contributed by atoms with van der Waals surface area (Å²) in [4.78, 5) is 2.50. The van der Waals surface area contributed by atoms with Crippen LogP contribution in [-0.4, -0.2) is 13.2 Å². The Kier molecular flexibility index (Phi) is 3.91. The van der Waals surface area contributed by atoms with Crippen LogP contribution in [0.3, 0.4) is 0 Å². The molecule has 0 aliphatic rings. The zero-order valence-electron chi connectivity index (χ0n) is 7.01. The van der Waals surface area contributed by atoms with Gasteiger partial charge in [0.1, 0.15) is 12.4 Å². The number of hydrogen-bond donors (Lipinski definition) is 1. The number of ether oxygens (including phenoxy) is 1. The van der Waals surface area contributed by atoms with Crippen LogP contribution in [0.25, 0.3) is 0 Å². The molecule has 1 aromatic carbocycles. The van der Waals surface area contributed by atoms with E-state index in [4.69, 9.17) is 16.5 Å². The predicted octanol–water partition coefficient (Wildman–Crippen LogP) is 2.12. The van der Waals surface area contributed by atoms with Gasteiger partial charge >= 0.3 is 0 Å². The lowest BCUT2D eigenvalue weighted by Crippen LogP contribution is -2.11. The molecule has 0 bridgehead atoms. The van der Waals surface area contributed by atoms with Gasteiger partial charge in [-0.2, -0.15) is 0 Å². The van der Waals surface area contributed by atoms with Gasteiger partial charge in [-0.1, -0.05) is 12.1 Å². The molecule has 66 valence electrons. The second-order valence-corrected chi connectivity index (χ2v) is 2.82. The van der Waals surface area contributed by atoms with Gasteiger partial charge in [0.2, 0.25) is 0 Å². The normalized spacial score (nSPS) is 9.83. The van der Waals surface area contributed by atoms with E-state index in [0.29, 0.717) is 13.2 Å². The highest BCUT2D eigenvalue weighted by molar-refractivity contribution is 6.13. The van der Waals surface area contributed by atoms with Gasteiger partial charge in [-0.25, -0.2) is 4.84 Å². The number of halogens is 1. The number of benzene rings is 1. The lowest BCUT2D eigenvalue weighted by molar-refractivity contribution is 0.324. The first-order valence-electron chi connectivity index (χ1n) is 3.86. The first kappa shape index (κ1) is 9.36. The van der Waals surface area contributed by atoms with Gasteiger partial charge in [0.15, 0.2) is 0 Å². The molecule has 0 heterocycles. The van der Waals surface area contributed by atoms with Crippen LogP contribution in [0.15, 0.2) is 24.3 Å². The van der Waals surface area contributed by atoms with Crippen molar-refractivity contribution >= 4 is 11.8 Å². The minimum Gasteiger partial charge on any atom is -0.492 e. The number of nitrogens with one attached hydrogen (secondary N) is 1. The molecule has 1 rings (SSSR count). The Morgan fingerprint density at radius 3 is 3.00 bits per heavy atom. The Morgan fingerprint density at radius 2 is 2.33 bits per heavy atom. The summed E-state index contributed by atoms with van der Waals surface area (Å²) in [5.74, 6) is 0.891. The Labute approximate surface area is 77.6 Å². The Bertz CT molecular complexity index is 240. The zero-order valence-corrected chi connectivity index (χ0v) is 7.77. The van der Waals surface area contributed by atoms with Gasteiger partial charge in [-0.15, -0.1) is 0 Å². The van der Waals surface area contributed by atoms with Crippen molar-refractivity contribution in [1.29, 1.82) is 0 Å². The summed E-state index contributed by atoms with van der Waals surface area (Å²) in [6, 6.07) is 7.93. The van der Waals surface area contributed by atoms with Crippen LogP contribution >= 0.6 is 11.8 Å². The smallest absolute Gasteiger partial charge is 0.119 e. The van der Waals surface area contributed by atoms with Crippen molar-refractivity contribution in [3.63, 3.8) is 0 Å². The Hall–Kier alpha value is -0.730. The highest BCUT2D eigenvalue weighted by Crippen LogP contribution is 2.11. The quantitative estimate of drug-likeness (QED) is 0.573. The van der Waals surface area contributed by atoms with E-state index in [-0.39, 0.29) is 0 Å². The maximum Gasteiger partial charge on any atom is 0.119 e. The summed E-state index contributed by atoms with van der Waals surface area (Å²) in [6.45, 7) is 3.27. The SMILES string of the molecule is Cc1cccc(OCCNCl)c1. The molecule has 1 aromatic rings. The van der Waals surface area contributed by atoms with E-state index in [2.05, 4.69) is 4.84 Å². The van der Waals surface area contributed by atoms with Crippen LogP contribution in [0.1, 0.15) is 5.56 Å². The average molecular weight is 186 g/mol. The van der Waals surface area contributed by atoms with Crippen molar-refractivity contribution < 1.29 is 4.74 Å². The summed E-state index contributed by atoms with van der Waals surface area (Å²) >= 11 is 5.27. The fourth-order valence-corrected chi connectivity index (χ4v) is 0.990. The van der Waals surface area contributed by atoms with Gasteiger partial charge in [-0.3, -0.25) is 0 Å². The molecule has 0 aromatic heterocycles. The molecule has 0 saturated carbocycles. The summed E-state index contributed by atoms with van der Waals surface area (Å²) in [6.07, 6.45) is 0. The lowest BCUT2D eigenvalue weighted by Gasteiger charge is -2.04. The van der Waals surface area contributed by atoms with Gasteiger partial charge in [0, 0.05) is 6.54 Å². The molecule has 12 heavy (non-hydrogen) atoms. The van der Waals surface area contributed by atoms with Crippen molar-refractivity contribution in [2.24, 2.45) is 0 Å². The van der Waals surface area contributed by atoms with Crippen molar-refractivity contribution in [2.75, 3.05) is 13.2 Å². The van der Waals surface area contributed by atoms with Crippen molar-refractivity contribution in [2.45, 2.75) is 6.92 Å². The van der Waals surface area contributed by atoms with Crippen molar-refractivity contribution in [3.8, 4) is 5.75 Å². The van der Waals surface area contributed by atoms with Crippen LogP contribution in [0.4, 0.5) is 0 Å². The van der Waals surface area contributed by atoms with Crippen LogP contribution in [0.2, 0.25) is 0 Å². The molecule has 2 nitrogen and oxygen atoms in total. The maximum absolute atomic E-state index is 5.38. The maximum atomic E-state index is 5.38. The molecular formula is C9H12ClNO. The molecule has 0 fully saturated rings. The van der Waals surface area contributed by atoms with E-state index in [1.165, 1.54) is 5.56 Å². The molecule has 0 radical (unpaired) electrons. The molecule has 0 saturated heterocycles. The third-order valence-corrected chi connectivity index (χ3v) is 1.64. The molecule has 0 aliphatic carbocycles. The summed E-state index contributed by atoms with van der Waals surface area (Å²) < 4.78 is 5.38. The second kappa shape index (κ2) is 5.01. The highest BCUT2D eigenvalue weighted by Gasteiger charge is 1.91. The second-order valence-electron chi connectivity index (χ2n) is 2.55. The van der Waals surface area contributed by atoms with Crippen molar-refractivity contribution in [3.05, 3.63) is 29.8 Å². The van der Waals surface area contributed by atoms with Gasteiger partial charge in [0.25, 0.3) is 0 Å². The monoisotopic (exact) mass is 185 g/mol. The Morgan fingerprint density at radius 1 is 1.50 bits per heavy atom. The van der Waals surface area contributed by atoms with Gasteiger partial charge < -0.3 is 4.74 Å². The molecule has 0 spiro atoms. The standard InChI is InChI=1S/C9H12ClNO/c1-8-3-2-4-9(7-8)12-6-5-11-10/h2-4,7,11H,5-6H2,1H3. The van der Waals surface area contributed by atoms with Crippen LogP contribution in [0.5, 0.6) is 5.75 Å². The highest BCUT2D eigenvalue weighted by atomic mass is 35.5. The number of aryl methyl sites for hydroxylation is 1. The van der Waals surface area contributed by atoms with E-state index in [1.54, 1.807) is 0 Å². The van der Waals surface area contributed by atoms with E-state index in [0.717, 1.165) is 5.75 Å². The molecule has 0 atom stereocenters. The summed E-state index contributed by atoms with van der Waals surface area (Å²) in [7, 11) is 0. The van der Waals surface area contributed by atoms with Crippen molar-refractivity contribution in [1.82, 2.24) is 4.84 Å². The fraction of sp³-hybridized carbons (Fsp3) is 0.333. The topological polar surface area (TPSA) is 21.3 Å². The average Bonchev–Trinajstić information content (AvgIpc) is 2.05. The van der Waals surface area contributed by atoms with Gasteiger partial charge in [0.05, 0.1) is 0 Å². The first-order chi connectivity index (χ1) is 5.83. The van der Waals surface area contributed by atoms with E-state index >= 15 is 0 Å². The van der Waals surface area contributed by atoms with Crippen LogP contribution < -0.4 is 9.57 Å². The largest absolute Gasteiger partial charge is 0.492 e. The molecule has 1 N–H and O–H groups in total. The fourth-order valence-electron chi connectivity index (χ4n) is 0.913. The van der Waals surface area contributed by atoms with E-state index in [1.807, 2.05) is 31.2 Å². The minimum absolute atomic E-state index is 0.590. The third-order valence-electron chi connectivity index (χ3n) is 1.45. The number of rotatable bonds is 4. The lowest BCUT2D eigenvalue weighted by atomic mass is 10.2. The molecule has 0 aliphatic heterocycles. The molecule has 0 unspecified atom stereocenters. The predicted molar refractivity (Wildman–Crippen MR) is 50.5 cm³/mol. The third kappa shape index (κ3) is 3.11. The van der Waals surface area contributed by atoms with Crippen LogP contribution in [0, 0.1) is 6.92 Å². The molecule has 0 amide bonds. The summed E-state index contributed by atoms with van der Waals surface area (Å²) in [5, 5.41) is 0. The summed E-state index contributed by atoms with van der Waals surface area (Å²) in [5.41, 5.74) is 1.20. The van der Waals surface area contributed by atoms with E-state index in [9.17, 15) is 0 Å². The van der Waals surface area contributed by atoms with E-state index < -0.39 is 0 Å². The Balaban J connectivity index is 2.41. The minimum atomic E-state index is 0.590. The molecular weight excluding hydrogens is 174 g/mol.